The van der Waals surface area contributed by atoms with Crippen LogP contribution < -0.4 is 5.32 Å². The smallest absolute Gasteiger partial charge is 0.295 e. The topological polar surface area (TPSA) is 103 Å². The number of aliphatic hydroxyl groups is 2. The van der Waals surface area contributed by atoms with Gasteiger partial charge in [-0.1, -0.05) is 0 Å². The van der Waals surface area contributed by atoms with E-state index in [1.807, 2.05) is 0 Å². The molecule has 2 aromatic rings. The number of aromatic nitrogens is 2. The number of hydrogen-bond donors (Lipinski definition) is 3. The molecule has 3 heterocycles. The van der Waals surface area contributed by atoms with Crippen LogP contribution in [0.4, 0.5) is 23.2 Å². The molecule has 2 aliphatic heterocycles. The fourth-order valence-electron chi connectivity index (χ4n) is 3.67. The molecule has 0 saturated heterocycles. The number of carbonyl (C=O) groups is 1. The molecule has 9 nitrogen and oxygen atoms in total. The van der Waals surface area contributed by atoms with E-state index >= 15 is 0 Å². The van der Waals surface area contributed by atoms with Gasteiger partial charge in [-0.3, -0.25) is 19.2 Å². The molecule has 0 aliphatic carbocycles. The summed E-state index contributed by atoms with van der Waals surface area (Å²) in [4.78, 5) is 19.5. The Balaban J connectivity index is 1.59. The van der Waals surface area contributed by atoms with E-state index in [2.05, 4.69) is 10.4 Å². The Morgan fingerprint density at radius 2 is 2.03 bits per heavy atom. The molecule has 31 heavy (non-hydrogen) atoms. The molecule has 0 fully saturated rings. The third-order valence-corrected chi connectivity index (χ3v) is 5.24. The van der Waals surface area contributed by atoms with Gasteiger partial charge < -0.3 is 15.5 Å². The summed E-state index contributed by atoms with van der Waals surface area (Å²) in [6.07, 6.45) is -1.95. The van der Waals surface area contributed by atoms with Crippen LogP contribution in [0.5, 0.6) is 0 Å². The van der Waals surface area contributed by atoms with Crippen LogP contribution in [-0.4, -0.2) is 68.5 Å². The van der Waals surface area contributed by atoms with E-state index in [0.29, 0.717) is 23.7 Å². The summed E-state index contributed by atoms with van der Waals surface area (Å²) < 4.78 is 55.4. The number of carbonyl (C=O) groups excluding carboxylic acids is 1. The summed E-state index contributed by atoms with van der Waals surface area (Å²) in [7, 11) is 1.40. The lowest BCUT2D eigenvalue weighted by atomic mass is 10.0. The van der Waals surface area contributed by atoms with Crippen LogP contribution in [0.1, 0.15) is 21.7 Å². The van der Waals surface area contributed by atoms with Gasteiger partial charge in [-0.2, -0.15) is 5.10 Å². The van der Waals surface area contributed by atoms with E-state index in [1.54, 1.807) is 0 Å². The number of nitrogens with zero attached hydrogens (tertiary/aromatic N) is 4. The Kier molecular flexibility index (Phi) is 5.60. The molecule has 13 heteroatoms. The van der Waals surface area contributed by atoms with Gasteiger partial charge in [0.2, 0.25) is 0 Å². The fourth-order valence-corrected chi connectivity index (χ4v) is 3.67. The minimum atomic E-state index is -2.00. The summed E-state index contributed by atoms with van der Waals surface area (Å²) in [6.45, 7) is 0.0487. The zero-order chi connectivity index (χ0) is 22.4. The molecule has 2 atom stereocenters. The Morgan fingerprint density at radius 1 is 1.29 bits per heavy atom. The molecular formula is C18H19F4N5O4. The first kappa shape index (κ1) is 21.5. The molecule has 0 radical (unpaired) electrons. The van der Waals surface area contributed by atoms with Gasteiger partial charge in [0.25, 0.3) is 5.91 Å². The predicted octanol–water partition coefficient (Wildman–Crippen LogP) is 0.564. The number of rotatable bonds is 4. The molecule has 168 valence electrons. The highest BCUT2D eigenvalue weighted by molar-refractivity contribution is 5.93. The monoisotopic (exact) mass is 445 g/mol. The Bertz CT molecular complexity index is 1030. The lowest BCUT2D eigenvalue weighted by Gasteiger charge is -2.32. The molecule has 4 rings (SSSR count). The van der Waals surface area contributed by atoms with Crippen molar-refractivity contribution in [1.82, 2.24) is 19.7 Å². The fraction of sp³-hybridized carbons (Fsp3) is 0.444. The SMILES string of the molecule is CN1O[C@H](CO)Cn2nc3c(c2C1=O)CN(C(O)Nc1cc(F)c(F)c(F)c1F)CC3. The number of amides is 1. The molecule has 3 N–H and O–H groups in total. The van der Waals surface area contributed by atoms with E-state index in [9.17, 15) is 32.6 Å². The molecule has 1 aromatic carbocycles. The van der Waals surface area contributed by atoms with E-state index in [-0.39, 0.29) is 31.9 Å². The van der Waals surface area contributed by atoms with E-state index in [1.165, 1.54) is 16.6 Å². The first-order valence-electron chi connectivity index (χ1n) is 9.37. The van der Waals surface area contributed by atoms with Crippen LogP contribution in [-0.2, 0) is 24.3 Å². The lowest BCUT2D eigenvalue weighted by molar-refractivity contribution is -0.159. The number of aliphatic hydroxyl groups excluding tert-OH is 2. The number of anilines is 1. The summed E-state index contributed by atoms with van der Waals surface area (Å²) in [5.41, 5.74) is 0.584. The highest BCUT2D eigenvalue weighted by Crippen LogP contribution is 2.28. The number of halogens is 4. The highest BCUT2D eigenvalue weighted by atomic mass is 19.2. The average Bonchev–Trinajstić information content (AvgIpc) is 3.05. The van der Waals surface area contributed by atoms with Crippen molar-refractivity contribution in [1.29, 1.82) is 0 Å². The zero-order valence-corrected chi connectivity index (χ0v) is 16.3. The molecule has 2 aliphatic rings. The lowest BCUT2D eigenvalue weighted by Crippen LogP contribution is -2.44. The summed E-state index contributed by atoms with van der Waals surface area (Å²) in [5, 5.41) is 27.5. The quantitative estimate of drug-likeness (QED) is 0.274. The summed E-state index contributed by atoms with van der Waals surface area (Å²) in [6, 6.07) is 0.406. The number of benzene rings is 1. The molecule has 0 spiro atoms. The van der Waals surface area contributed by atoms with Crippen LogP contribution in [0.3, 0.4) is 0 Å². The van der Waals surface area contributed by atoms with Crippen molar-refractivity contribution < 1.29 is 37.4 Å². The van der Waals surface area contributed by atoms with Gasteiger partial charge in [0.1, 0.15) is 11.8 Å². The largest absolute Gasteiger partial charge is 0.393 e. The molecule has 1 amide bonds. The van der Waals surface area contributed by atoms with Crippen molar-refractivity contribution in [3.05, 3.63) is 46.3 Å². The Morgan fingerprint density at radius 3 is 2.74 bits per heavy atom. The molecule has 1 aromatic heterocycles. The van der Waals surface area contributed by atoms with E-state index in [0.717, 1.165) is 5.06 Å². The van der Waals surface area contributed by atoms with Gasteiger partial charge in [-0.05, 0) is 0 Å². The highest BCUT2D eigenvalue weighted by Gasteiger charge is 2.35. The van der Waals surface area contributed by atoms with Gasteiger partial charge in [0.15, 0.2) is 29.6 Å². The third-order valence-electron chi connectivity index (χ3n) is 5.24. The first-order valence-corrected chi connectivity index (χ1v) is 9.37. The average molecular weight is 445 g/mol. The van der Waals surface area contributed by atoms with Crippen LogP contribution in [0.15, 0.2) is 6.07 Å². The molecule has 0 saturated carbocycles. The van der Waals surface area contributed by atoms with Gasteiger partial charge in [-0.15, -0.1) is 0 Å². The molecular weight excluding hydrogens is 426 g/mol. The maximum absolute atomic E-state index is 13.9. The van der Waals surface area contributed by atoms with E-state index < -0.39 is 47.3 Å². The summed E-state index contributed by atoms with van der Waals surface area (Å²) >= 11 is 0. The van der Waals surface area contributed by atoms with Gasteiger partial charge >= 0.3 is 0 Å². The predicted molar refractivity (Wildman–Crippen MR) is 96.3 cm³/mol. The first-order chi connectivity index (χ1) is 14.7. The van der Waals surface area contributed by atoms with Crippen molar-refractivity contribution in [2.24, 2.45) is 0 Å². The minimum Gasteiger partial charge on any atom is -0.393 e. The number of hydroxylamine groups is 2. The van der Waals surface area contributed by atoms with Crippen LogP contribution in [0.2, 0.25) is 0 Å². The van der Waals surface area contributed by atoms with Gasteiger partial charge in [-0.25, -0.2) is 22.6 Å². The Hall–Kier alpha value is -2.74. The normalized spacial score (nSPS) is 20.3. The van der Waals surface area contributed by atoms with Crippen molar-refractivity contribution in [2.75, 3.05) is 25.5 Å². The zero-order valence-electron chi connectivity index (χ0n) is 16.3. The number of nitrogens with one attached hydrogen (secondary N) is 1. The Labute approximate surface area is 173 Å². The van der Waals surface area contributed by atoms with Crippen LogP contribution in [0.25, 0.3) is 0 Å². The maximum Gasteiger partial charge on any atom is 0.295 e. The van der Waals surface area contributed by atoms with Crippen molar-refractivity contribution >= 4 is 11.6 Å². The summed E-state index contributed by atoms with van der Waals surface area (Å²) in [5.74, 6) is -7.72. The van der Waals surface area contributed by atoms with Crippen molar-refractivity contribution in [2.45, 2.75) is 32.0 Å². The second-order valence-electron chi connectivity index (χ2n) is 7.25. The molecule has 1 unspecified atom stereocenters. The number of hydrogen-bond acceptors (Lipinski definition) is 7. The standard InChI is InChI=1S/C18H19F4N5O4/c1-25-17(29)16-9-6-26(3-2-11(9)24-27(16)5-8(7-28)31-25)18(30)23-12-4-10(19)13(20)15(22)14(12)21/h4,8,18,23,28,30H,2-3,5-7H2,1H3/t8-,18?/m0/s1. The van der Waals surface area contributed by atoms with Crippen LogP contribution in [0, 0.1) is 23.3 Å². The van der Waals surface area contributed by atoms with Gasteiger partial charge in [0.05, 0.1) is 24.5 Å². The second kappa shape index (κ2) is 8.07. The second-order valence-corrected chi connectivity index (χ2v) is 7.25. The third kappa shape index (κ3) is 3.73. The maximum atomic E-state index is 13.9. The van der Waals surface area contributed by atoms with Gasteiger partial charge in [0, 0.05) is 38.2 Å². The van der Waals surface area contributed by atoms with Crippen molar-refractivity contribution in [3.8, 4) is 0 Å². The van der Waals surface area contributed by atoms with Crippen molar-refractivity contribution in [3.63, 3.8) is 0 Å². The van der Waals surface area contributed by atoms with Crippen LogP contribution >= 0.6 is 0 Å². The number of fused-ring (bicyclic) bond motifs is 3. The minimum absolute atomic E-state index is 0.00990. The van der Waals surface area contributed by atoms with E-state index in [4.69, 9.17) is 4.84 Å². The molecule has 0 bridgehead atoms.